The molecule has 1 aromatic heterocycles. The molecular weight excluding hydrogens is 398 g/mol. The molecule has 0 atom stereocenters. The number of carbonyl (C=O) groups excluding carboxylic acids is 3. The predicted molar refractivity (Wildman–Crippen MR) is 115 cm³/mol. The summed E-state index contributed by atoms with van der Waals surface area (Å²) in [4.78, 5) is 36.7. The average Bonchev–Trinajstić information content (AvgIpc) is 3.20. The molecular formula is C24H19NO6. The number of anilines is 1. The average molecular weight is 417 g/mol. The lowest BCUT2D eigenvalue weighted by Crippen LogP contribution is -2.16. The molecule has 0 saturated heterocycles. The minimum Gasteiger partial charge on any atom is -0.465 e. The van der Waals surface area contributed by atoms with Crippen LogP contribution < -0.4 is 5.32 Å². The number of ether oxygens (including phenoxy) is 2. The number of hydrogen-bond acceptors (Lipinski definition) is 6. The summed E-state index contributed by atoms with van der Waals surface area (Å²) in [5.41, 5.74) is 1.97. The molecule has 156 valence electrons. The molecule has 1 heterocycles. The van der Waals surface area contributed by atoms with Crippen molar-refractivity contribution in [2.45, 2.75) is 6.42 Å². The van der Waals surface area contributed by atoms with Gasteiger partial charge in [-0.1, -0.05) is 30.3 Å². The Morgan fingerprint density at radius 1 is 0.903 bits per heavy atom. The normalized spacial score (nSPS) is 10.8. The van der Waals surface area contributed by atoms with Gasteiger partial charge in [0, 0.05) is 16.6 Å². The van der Waals surface area contributed by atoms with Crippen LogP contribution in [0.5, 0.6) is 0 Å². The number of amides is 1. The topological polar surface area (TPSA) is 94.8 Å². The van der Waals surface area contributed by atoms with Crippen LogP contribution in [0.1, 0.15) is 26.3 Å². The van der Waals surface area contributed by atoms with Crippen LogP contribution in [0.2, 0.25) is 0 Å². The second kappa shape index (κ2) is 8.31. The van der Waals surface area contributed by atoms with Crippen molar-refractivity contribution in [2.75, 3.05) is 19.5 Å². The Hall–Kier alpha value is -4.13. The molecule has 0 radical (unpaired) electrons. The van der Waals surface area contributed by atoms with Crippen molar-refractivity contribution in [1.82, 2.24) is 0 Å². The van der Waals surface area contributed by atoms with Gasteiger partial charge in [0.2, 0.25) is 5.91 Å². The van der Waals surface area contributed by atoms with E-state index in [4.69, 9.17) is 13.9 Å². The predicted octanol–water partition coefficient (Wildman–Crippen LogP) is 4.34. The van der Waals surface area contributed by atoms with E-state index >= 15 is 0 Å². The Bertz CT molecular complexity index is 1290. The number of carbonyl (C=O) groups is 3. The van der Waals surface area contributed by atoms with E-state index in [1.807, 2.05) is 36.4 Å². The minimum atomic E-state index is -0.631. The van der Waals surface area contributed by atoms with Crippen molar-refractivity contribution in [1.29, 1.82) is 0 Å². The molecule has 0 aliphatic rings. The molecule has 4 aromatic rings. The number of furan rings is 1. The Morgan fingerprint density at radius 2 is 1.58 bits per heavy atom. The lowest BCUT2D eigenvalue weighted by Gasteiger charge is -2.09. The molecule has 31 heavy (non-hydrogen) atoms. The number of methoxy groups -OCH3 is 2. The molecule has 1 amide bonds. The fourth-order valence-corrected chi connectivity index (χ4v) is 3.55. The van der Waals surface area contributed by atoms with Gasteiger partial charge in [-0.05, 0) is 35.0 Å². The van der Waals surface area contributed by atoms with Gasteiger partial charge in [-0.15, -0.1) is 0 Å². The van der Waals surface area contributed by atoms with E-state index in [0.29, 0.717) is 5.58 Å². The van der Waals surface area contributed by atoms with Crippen molar-refractivity contribution >= 4 is 45.3 Å². The highest BCUT2D eigenvalue weighted by Gasteiger charge is 2.17. The third-order valence-electron chi connectivity index (χ3n) is 4.95. The Kier molecular flexibility index (Phi) is 5.41. The van der Waals surface area contributed by atoms with E-state index in [0.717, 1.165) is 21.7 Å². The molecule has 0 bridgehead atoms. The van der Waals surface area contributed by atoms with Gasteiger partial charge in [0.1, 0.15) is 5.58 Å². The van der Waals surface area contributed by atoms with E-state index in [-0.39, 0.29) is 29.1 Å². The maximum Gasteiger partial charge on any atom is 0.337 e. The molecule has 1 N–H and O–H groups in total. The zero-order valence-electron chi connectivity index (χ0n) is 16.9. The van der Waals surface area contributed by atoms with Crippen LogP contribution in [-0.4, -0.2) is 32.1 Å². The maximum absolute atomic E-state index is 12.8. The van der Waals surface area contributed by atoms with Crippen LogP contribution in [0.4, 0.5) is 5.69 Å². The molecule has 4 rings (SSSR count). The highest BCUT2D eigenvalue weighted by molar-refractivity contribution is 6.09. The first-order valence-electron chi connectivity index (χ1n) is 9.49. The van der Waals surface area contributed by atoms with E-state index < -0.39 is 11.9 Å². The quantitative estimate of drug-likeness (QED) is 0.486. The maximum atomic E-state index is 12.8. The first-order valence-corrected chi connectivity index (χ1v) is 9.49. The first-order chi connectivity index (χ1) is 15.0. The summed E-state index contributed by atoms with van der Waals surface area (Å²) in [5, 5.41) is 5.66. The second-order valence-electron chi connectivity index (χ2n) is 6.93. The van der Waals surface area contributed by atoms with Crippen LogP contribution in [0, 0.1) is 0 Å². The Balaban J connectivity index is 1.64. The molecule has 0 aliphatic heterocycles. The van der Waals surface area contributed by atoms with E-state index in [1.165, 1.54) is 32.4 Å². The third kappa shape index (κ3) is 3.98. The largest absolute Gasteiger partial charge is 0.465 e. The molecule has 0 unspecified atom stereocenters. The van der Waals surface area contributed by atoms with Crippen molar-refractivity contribution < 1.29 is 28.3 Å². The van der Waals surface area contributed by atoms with Gasteiger partial charge in [-0.25, -0.2) is 9.59 Å². The van der Waals surface area contributed by atoms with Crippen LogP contribution >= 0.6 is 0 Å². The fraction of sp³-hybridized carbons (Fsp3) is 0.125. The molecule has 0 fully saturated rings. The molecule has 7 nitrogen and oxygen atoms in total. The number of benzene rings is 3. The second-order valence-corrected chi connectivity index (χ2v) is 6.93. The fourth-order valence-electron chi connectivity index (χ4n) is 3.55. The van der Waals surface area contributed by atoms with E-state index in [1.54, 1.807) is 6.26 Å². The summed E-state index contributed by atoms with van der Waals surface area (Å²) in [6, 6.07) is 16.0. The van der Waals surface area contributed by atoms with Crippen LogP contribution in [0.3, 0.4) is 0 Å². The van der Waals surface area contributed by atoms with Gasteiger partial charge in [-0.3, -0.25) is 4.79 Å². The summed E-state index contributed by atoms with van der Waals surface area (Å²) in [7, 11) is 2.47. The van der Waals surface area contributed by atoms with Gasteiger partial charge < -0.3 is 19.2 Å². The van der Waals surface area contributed by atoms with Gasteiger partial charge in [0.25, 0.3) is 0 Å². The summed E-state index contributed by atoms with van der Waals surface area (Å²) in [6.45, 7) is 0. The summed E-state index contributed by atoms with van der Waals surface area (Å²) < 4.78 is 15.1. The van der Waals surface area contributed by atoms with Crippen molar-refractivity contribution in [2.24, 2.45) is 0 Å². The van der Waals surface area contributed by atoms with Crippen molar-refractivity contribution in [3.63, 3.8) is 0 Å². The van der Waals surface area contributed by atoms with Crippen molar-refractivity contribution in [3.8, 4) is 0 Å². The number of rotatable bonds is 5. The first kappa shape index (κ1) is 20.2. The number of fused-ring (bicyclic) bond motifs is 3. The van der Waals surface area contributed by atoms with Crippen LogP contribution in [0.15, 0.2) is 65.3 Å². The summed E-state index contributed by atoms with van der Waals surface area (Å²) in [5.74, 6) is -1.59. The summed E-state index contributed by atoms with van der Waals surface area (Å²) >= 11 is 0. The smallest absolute Gasteiger partial charge is 0.337 e. The van der Waals surface area contributed by atoms with E-state index in [9.17, 15) is 14.4 Å². The van der Waals surface area contributed by atoms with Crippen LogP contribution in [0.25, 0.3) is 21.7 Å². The molecule has 0 spiro atoms. The number of nitrogens with one attached hydrogen (secondary N) is 1. The monoisotopic (exact) mass is 417 g/mol. The molecule has 0 saturated carbocycles. The highest BCUT2D eigenvalue weighted by Crippen LogP contribution is 2.30. The molecule has 3 aromatic carbocycles. The zero-order chi connectivity index (χ0) is 22.0. The minimum absolute atomic E-state index is 0.0526. The Labute approximate surface area is 177 Å². The Morgan fingerprint density at radius 3 is 2.26 bits per heavy atom. The number of esters is 2. The molecule has 7 heteroatoms. The summed E-state index contributed by atoms with van der Waals surface area (Å²) in [6.07, 6.45) is 1.62. The standard InChI is InChI=1S/C24H19NO6/c1-29-23(27)15-9-16(24(28)30-2)11-18(10-15)25-21(26)12-17-13-31-20-8-7-14-5-3-4-6-19(14)22(17)20/h3-11,13H,12H2,1-2H3,(H,25,26). The van der Waals surface area contributed by atoms with Crippen molar-refractivity contribution in [3.05, 3.63) is 77.6 Å². The van der Waals surface area contributed by atoms with Crippen LogP contribution in [-0.2, 0) is 20.7 Å². The SMILES string of the molecule is COC(=O)c1cc(NC(=O)Cc2coc3ccc4ccccc4c23)cc(C(=O)OC)c1. The molecule has 0 aliphatic carbocycles. The lowest BCUT2D eigenvalue weighted by atomic mass is 10.0. The lowest BCUT2D eigenvalue weighted by molar-refractivity contribution is -0.115. The van der Waals surface area contributed by atoms with E-state index in [2.05, 4.69) is 5.32 Å². The van der Waals surface area contributed by atoms with Gasteiger partial charge in [0.15, 0.2) is 0 Å². The van der Waals surface area contributed by atoms with Gasteiger partial charge in [-0.2, -0.15) is 0 Å². The zero-order valence-corrected chi connectivity index (χ0v) is 16.9. The number of hydrogen-bond donors (Lipinski definition) is 1. The van der Waals surface area contributed by atoms with Gasteiger partial charge in [0.05, 0.1) is 38.0 Å². The third-order valence-corrected chi connectivity index (χ3v) is 4.95. The van der Waals surface area contributed by atoms with Gasteiger partial charge >= 0.3 is 11.9 Å². The highest BCUT2D eigenvalue weighted by atomic mass is 16.5.